The Morgan fingerprint density at radius 3 is 2.38 bits per heavy atom. The van der Waals surface area contributed by atoms with Crippen LogP contribution in [0.2, 0.25) is 0 Å². The molecule has 1 aliphatic heterocycles. The minimum absolute atomic E-state index is 0.412. The van der Waals surface area contributed by atoms with E-state index in [1.807, 2.05) is 19.1 Å². The molecule has 1 aromatic carbocycles. The van der Waals surface area contributed by atoms with Crippen LogP contribution >= 0.6 is 0 Å². The van der Waals surface area contributed by atoms with Crippen LogP contribution in [0.5, 0.6) is 5.75 Å². The lowest BCUT2D eigenvalue weighted by molar-refractivity contribution is 0.0691. The van der Waals surface area contributed by atoms with Crippen LogP contribution in [0.1, 0.15) is 47.2 Å². The summed E-state index contributed by atoms with van der Waals surface area (Å²) in [5, 5.41) is 19.4. The molecule has 0 saturated carbocycles. The summed E-state index contributed by atoms with van der Waals surface area (Å²) < 4.78 is 0. The van der Waals surface area contributed by atoms with Gasteiger partial charge in [-0.15, -0.1) is 0 Å². The molecule has 0 aliphatic carbocycles. The second kappa shape index (κ2) is 7.33. The number of rotatable bonds is 4. The first-order valence-corrected chi connectivity index (χ1v) is 8.92. The third kappa shape index (κ3) is 3.37. The molecule has 1 aliphatic rings. The van der Waals surface area contributed by atoms with E-state index in [1.165, 1.54) is 5.56 Å². The molecule has 0 spiro atoms. The van der Waals surface area contributed by atoms with Crippen LogP contribution in [0.4, 0.5) is 0 Å². The van der Waals surface area contributed by atoms with Gasteiger partial charge in [0, 0.05) is 5.56 Å². The topological polar surface area (TPSA) is 93.6 Å². The Morgan fingerprint density at radius 2 is 1.85 bits per heavy atom. The molecule has 6 heteroatoms. The quantitative estimate of drug-likeness (QED) is 0.783. The van der Waals surface area contributed by atoms with E-state index in [-0.39, 0.29) is 0 Å². The van der Waals surface area contributed by atoms with Crippen molar-refractivity contribution in [2.75, 3.05) is 20.1 Å². The minimum Gasteiger partial charge on any atom is -0.506 e. The Bertz CT molecular complexity index is 863. The summed E-state index contributed by atoms with van der Waals surface area (Å²) in [6.45, 7) is 3.99. The molecule has 3 rings (SSSR count). The molecule has 0 atom stereocenters. The largest absolute Gasteiger partial charge is 0.506 e. The number of nitrogens with one attached hydrogen (secondary N) is 1. The summed E-state index contributed by atoms with van der Waals surface area (Å²) in [6, 6.07) is 7.98. The molecule has 1 fully saturated rings. The van der Waals surface area contributed by atoms with Crippen molar-refractivity contribution in [1.29, 1.82) is 0 Å². The van der Waals surface area contributed by atoms with Gasteiger partial charge in [0.25, 0.3) is 5.56 Å². The molecular formula is C20H24N2O4. The minimum atomic E-state index is -1.43. The van der Waals surface area contributed by atoms with Crippen LogP contribution in [0, 0.1) is 0 Å². The predicted octanol–water partition coefficient (Wildman–Crippen LogP) is 2.82. The van der Waals surface area contributed by atoms with Crippen LogP contribution in [0.3, 0.4) is 0 Å². The van der Waals surface area contributed by atoms with Crippen molar-refractivity contribution in [3.05, 3.63) is 51.3 Å². The Labute approximate surface area is 152 Å². The normalized spacial score (nSPS) is 15.9. The second-order valence-electron chi connectivity index (χ2n) is 6.89. The van der Waals surface area contributed by atoms with E-state index in [0.717, 1.165) is 31.5 Å². The zero-order chi connectivity index (χ0) is 18.8. The van der Waals surface area contributed by atoms with Gasteiger partial charge in [-0.05, 0) is 56.4 Å². The molecule has 3 N–H and O–H groups in total. The van der Waals surface area contributed by atoms with Crippen molar-refractivity contribution in [2.24, 2.45) is 0 Å². The number of aromatic carboxylic acids is 1. The molecule has 6 nitrogen and oxygen atoms in total. The highest BCUT2D eigenvalue weighted by Crippen LogP contribution is 2.32. The molecule has 0 radical (unpaired) electrons. The molecule has 2 heterocycles. The number of aromatic nitrogens is 1. The number of carboxylic acid groups (broad SMARTS) is 1. The maximum atomic E-state index is 12.1. The summed E-state index contributed by atoms with van der Waals surface area (Å²) in [6.07, 6.45) is 2.66. The van der Waals surface area contributed by atoms with Crippen LogP contribution in [0.15, 0.2) is 29.1 Å². The van der Waals surface area contributed by atoms with Gasteiger partial charge in [0.1, 0.15) is 5.75 Å². The number of hydrogen-bond donors (Lipinski definition) is 3. The number of aromatic amines is 1. The second-order valence-corrected chi connectivity index (χ2v) is 6.89. The van der Waals surface area contributed by atoms with Crippen molar-refractivity contribution < 1.29 is 15.0 Å². The average Bonchev–Trinajstić information content (AvgIpc) is 2.62. The lowest BCUT2D eigenvalue weighted by atomic mass is 9.88. The molecule has 0 unspecified atom stereocenters. The molecule has 1 saturated heterocycles. The molecule has 1 aromatic heterocycles. The molecule has 0 amide bonds. The number of likely N-dealkylation sites (tertiary alicyclic amines) is 1. The lowest BCUT2D eigenvalue weighted by Crippen LogP contribution is -2.29. The van der Waals surface area contributed by atoms with Crippen LogP contribution in [-0.2, 0) is 6.42 Å². The van der Waals surface area contributed by atoms with E-state index in [9.17, 15) is 14.7 Å². The van der Waals surface area contributed by atoms with Crippen molar-refractivity contribution in [2.45, 2.75) is 32.1 Å². The predicted molar refractivity (Wildman–Crippen MR) is 100.0 cm³/mol. The molecule has 138 valence electrons. The van der Waals surface area contributed by atoms with Gasteiger partial charge in [-0.3, -0.25) is 4.79 Å². The lowest BCUT2D eigenvalue weighted by Gasteiger charge is -2.29. The zero-order valence-electron chi connectivity index (χ0n) is 15.1. The number of nitrogens with zero attached hydrogens (tertiary/aromatic N) is 1. The van der Waals surface area contributed by atoms with Gasteiger partial charge in [0.2, 0.25) is 0 Å². The van der Waals surface area contributed by atoms with E-state index >= 15 is 0 Å². The van der Waals surface area contributed by atoms with Gasteiger partial charge in [0.05, 0.1) is 5.69 Å². The van der Waals surface area contributed by atoms with Crippen LogP contribution in [-0.4, -0.2) is 46.2 Å². The number of carbonyl (C=O) groups is 1. The zero-order valence-corrected chi connectivity index (χ0v) is 15.1. The van der Waals surface area contributed by atoms with Crippen LogP contribution < -0.4 is 5.56 Å². The molecular weight excluding hydrogens is 332 g/mol. The average molecular weight is 356 g/mol. The van der Waals surface area contributed by atoms with Gasteiger partial charge in [-0.1, -0.05) is 31.2 Å². The molecule has 26 heavy (non-hydrogen) atoms. The van der Waals surface area contributed by atoms with Crippen molar-refractivity contribution >= 4 is 5.97 Å². The Kier molecular flexibility index (Phi) is 5.13. The third-order valence-electron chi connectivity index (χ3n) is 5.25. The smallest absolute Gasteiger partial charge is 0.345 e. The molecule has 2 aromatic rings. The fourth-order valence-electron chi connectivity index (χ4n) is 3.68. The van der Waals surface area contributed by atoms with Gasteiger partial charge in [-0.25, -0.2) is 4.79 Å². The maximum Gasteiger partial charge on any atom is 0.345 e. The highest BCUT2D eigenvalue weighted by molar-refractivity contribution is 5.91. The number of piperidine rings is 1. The van der Waals surface area contributed by atoms with E-state index in [4.69, 9.17) is 5.11 Å². The highest BCUT2D eigenvalue weighted by Gasteiger charge is 2.22. The summed E-state index contributed by atoms with van der Waals surface area (Å²) in [7, 11) is 2.13. The van der Waals surface area contributed by atoms with Crippen molar-refractivity contribution in [3.8, 4) is 17.0 Å². The number of benzene rings is 1. The van der Waals surface area contributed by atoms with E-state index < -0.39 is 22.8 Å². The van der Waals surface area contributed by atoms with E-state index in [2.05, 4.69) is 29.1 Å². The van der Waals surface area contributed by atoms with Crippen molar-refractivity contribution in [3.63, 3.8) is 0 Å². The fraction of sp³-hybridized carbons (Fsp3) is 0.400. The first-order chi connectivity index (χ1) is 12.4. The summed E-state index contributed by atoms with van der Waals surface area (Å²) >= 11 is 0. The number of aromatic hydroxyl groups is 1. The SMILES string of the molecule is CCc1c(-c2ccc(C3CCN(C)CC3)cc2)[nH]c(=O)c(C(=O)O)c1O. The monoisotopic (exact) mass is 356 g/mol. The third-order valence-corrected chi connectivity index (χ3v) is 5.25. The first kappa shape index (κ1) is 18.2. The number of hydrogen-bond acceptors (Lipinski definition) is 4. The maximum absolute atomic E-state index is 12.1. The van der Waals surface area contributed by atoms with Crippen LogP contribution in [0.25, 0.3) is 11.3 Å². The summed E-state index contributed by atoms with van der Waals surface area (Å²) in [5.41, 5.74) is 1.57. The van der Waals surface area contributed by atoms with Gasteiger partial charge in [0.15, 0.2) is 5.56 Å². The summed E-state index contributed by atoms with van der Waals surface area (Å²) in [5.74, 6) is -1.34. The van der Waals surface area contributed by atoms with E-state index in [0.29, 0.717) is 23.6 Å². The van der Waals surface area contributed by atoms with Gasteiger partial charge >= 0.3 is 5.97 Å². The number of carboxylic acids is 1. The van der Waals surface area contributed by atoms with Gasteiger partial charge < -0.3 is 20.1 Å². The molecule has 0 bridgehead atoms. The first-order valence-electron chi connectivity index (χ1n) is 8.92. The number of H-pyrrole nitrogens is 1. The highest BCUT2D eigenvalue weighted by atomic mass is 16.4. The summed E-state index contributed by atoms with van der Waals surface area (Å²) in [4.78, 5) is 28.3. The Morgan fingerprint density at radius 1 is 1.23 bits per heavy atom. The van der Waals surface area contributed by atoms with E-state index in [1.54, 1.807) is 0 Å². The Balaban J connectivity index is 1.97. The Hall–Kier alpha value is -2.60. The van der Waals surface area contributed by atoms with Crippen molar-refractivity contribution in [1.82, 2.24) is 9.88 Å². The fourth-order valence-corrected chi connectivity index (χ4v) is 3.68. The van der Waals surface area contributed by atoms with Gasteiger partial charge in [-0.2, -0.15) is 0 Å². The standard InChI is InChI=1S/C20H24N2O4/c1-3-15-17(21-19(24)16(18(15)23)20(25)26)14-6-4-12(5-7-14)13-8-10-22(2)11-9-13/h4-7,13H,3,8-11H2,1-2H3,(H,25,26)(H2,21,23,24). The number of pyridine rings is 1.